The van der Waals surface area contributed by atoms with Crippen molar-refractivity contribution in [1.82, 2.24) is 49.9 Å². The summed E-state index contributed by atoms with van der Waals surface area (Å²) in [7, 11) is -7.71. The minimum Gasteiger partial charge on any atom is -0.386 e. The van der Waals surface area contributed by atoms with Gasteiger partial charge >= 0.3 is 24.0 Å². The summed E-state index contributed by atoms with van der Waals surface area (Å²) in [6.07, 6.45) is 3.47. The topological polar surface area (TPSA) is 248 Å². The third-order valence-electron chi connectivity index (χ3n) is 12.1. The number of benzene rings is 6. The first-order chi connectivity index (χ1) is 35.8. The summed E-state index contributed by atoms with van der Waals surface area (Å²) in [5.74, 6) is -1.37. The van der Waals surface area contributed by atoms with Crippen LogP contribution in [0.1, 0.15) is 40.0 Å². The molecule has 74 heavy (non-hydrogen) atoms. The zero-order valence-corrected chi connectivity index (χ0v) is 42.6. The SMILES string of the molecule is O=C(Oc1nnnn1CCNS(=O)(=O)c1cccc2c(N3CCCCC3)cccc12)c1cccc(Cl)c1.O=C(Oc1nnnn1CCNS(=O)(=O)c1cccc2c(N3CCOCC3)cccc12)c1cccc(Cl)c1. The summed E-state index contributed by atoms with van der Waals surface area (Å²) in [4.78, 5) is 29.7. The van der Waals surface area contributed by atoms with Gasteiger partial charge in [-0.2, -0.15) is 9.36 Å². The molecule has 2 saturated heterocycles. The predicted molar refractivity (Wildman–Crippen MR) is 276 cm³/mol. The average molecular weight is 1080 g/mol. The molecule has 384 valence electrons. The number of morpholine rings is 1. The third kappa shape index (κ3) is 12.3. The lowest BCUT2D eigenvalue weighted by Crippen LogP contribution is -2.36. The highest BCUT2D eigenvalue weighted by Crippen LogP contribution is 2.34. The van der Waals surface area contributed by atoms with Crippen LogP contribution in [0.15, 0.2) is 131 Å². The van der Waals surface area contributed by atoms with Crippen LogP contribution in [-0.2, 0) is 37.9 Å². The number of ether oxygens (including phenoxy) is 3. The summed E-state index contributed by atoms with van der Waals surface area (Å²) in [5.41, 5.74) is 2.49. The Kier molecular flexibility index (Phi) is 16.4. The molecule has 0 bridgehead atoms. The number of esters is 2. The van der Waals surface area contributed by atoms with Crippen LogP contribution in [0.2, 0.25) is 10.0 Å². The first-order valence-electron chi connectivity index (χ1n) is 23.4. The Balaban J connectivity index is 0.000000182. The number of fused-ring (bicyclic) bond motifs is 2. The second-order valence-electron chi connectivity index (χ2n) is 16.9. The second kappa shape index (κ2) is 23.4. The van der Waals surface area contributed by atoms with Crippen LogP contribution in [0.4, 0.5) is 11.4 Å². The minimum atomic E-state index is -3.87. The molecule has 10 rings (SSSR count). The Morgan fingerprint density at radius 3 is 1.42 bits per heavy atom. The quantitative estimate of drug-likeness (QED) is 0.103. The molecule has 0 atom stereocenters. The fourth-order valence-electron chi connectivity index (χ4n) is 8.55. The number of nitrogens with one attached hydrogen (secondary N) is 2. The van der Waals surface area contributed by atoms with E-state index in [4.69, 9.17) is 37.4 Å². The van der Waals surface area contributed by atoms with Crippen molar-refractivity contribution in [2.24, 2.45) is 0 Å². The third-order valence-corrected chi connectivity index (χ3v) is 15.6. The molecule has 2 aromatic heterocycles. The lowest BCUT2D eigenvalue weighted by molar-refractivity contribution is 0.0700. The second-order valence-corrected chi connectivity index (χ2v) is 21.2. The van der Waals surface area contributed by atoms with Gasteiger partial charge in [-0.25, -0.2) is 35.9 Å². The monoisotopic (exact) mass is 1080 g/mol. The highest BCUT2D eigenvalue weighted by Gasteiger charge is 2.24. The maximum atomic E-state index is 13.3. The average Bonchev–Trinajstić information content (AvgIpc) is 4.06. The van der Waals surface area contributed by atoms with Crippen LogP contribution >= 0.6 is 23.2 Å². The van der Waals surface area contributed by atoms with Gasteiger partial charge in [-0.3, -0.25) is 0 Å². The molecule has 0 spiro atoms. The number of carbonyl (C=O) groups excluding carboxylic acids is 2. The van der Waals surface area contributed by atoms with Gasteiger partial charge in [-0.05, 0) is 101 Å². The molecule has 0 unspecified atom stereocenters. The lowest BCUT2D eigenvalue weighted by atomic mass is 10.1. The molecule has 2 aliphatic heterocycles. The van der Waals surface area contributed by atoms with Crippen LogP contribution in [-0.4, -0.2) is 122 Å². The number of sulfonamides is 2. The van der Waals surface area contributed by atoms with Gasteiger partial charge < -0.3 is 24.0 Å². The van der Waals surface area contributed by atoms with Crippen molar-refractivity contribution in [2.45, 2.75) is 42.1 Å². The van der Waals surface area contributed by atoms with E-state index in [-0.39, 0.29) is 59.1 Å². The number of carbonyl (C=O) groups is 2. The van der Waals surface area contributed by atoms with E-state index < -0.39 is 32.0 Å². The summed E-state index contributed by atoms with van der Waals surface area (Å²) in [6.45, 7) is 4.70. The Morgan fingerprint density at radius 1 is 0.541 bits per heavy atom. The zero-order valence-electron chi connectivity index (χ0n) is 39.5. The fraction of sp³-hybridized carbons (Fsp3) is 0.265. The first kappa shape index (κ1) is 51.8. The summed E-state index contributed by atoms with van der Waals surface area (Å²) >= 11 is 11.8. The molecule has 0 amide bonds. The molecule has 6 aromatic carbocycles. The van der Waals surface area contributed by atoms with Crippen LogP contribution in [0, 0.1) is 0 Å². The van der Waals surface area contributed by atoms with Crippen molar-refractivity contribution in [2.75, 3.05) is 62.3 Å². The normalized spacial score (nSPS) is 14.1. The number of tetrazole rings is 2. The number of piperidine rings is 1. The minimum absolute atomic E-state index is 0.0166. The largest absolute Gasteiger partial charge is 0.386 e. The van der Waals surface area contributed by atoms with E-state index in [2.05, 4.69) is 50.3 Å². The number of rotatable bonds is 16. The van der Waals surface area contributed by atoms with Gasteiger partial charge in [0.25, 0.3) is 0 Å². The predicted octanol–water partition coefficient (Wildman–Crippen LogP) is 6.18. The van der Waals surface area contributed by atoms with Crippen molar-refractivity contribution in [1.29, 1.82) is 0 Å². The van der Waals surface area contributed by atoms with Gasteiger partial charge in [0.1, 0.15) is 0 Å². The van der Waals surface area contributed by atoms with Crippen LogP contribution in [0.3, 0.4) is 0 Å². The van der Waals surface area contributed by atoms with Gasteiger partial charge in [0, 0.05) is 82.2 Å². The Labute approximate surface area is 435 Å². The van der Waals surface area contributed by atoms with E-state index in [1.807, 2.05) is 42.5 Å². The maximum Gasteiger partial charge on any atom is 0.346 e. The number of aromatic nitrogens is 8. The molecule has 25 heteroatoms. The van der Waals surface area contributed by atoms with Crippen molar-refractivity contribution in [3.8, 4) is 12.0 Å². The standard InChI is InChI=1S/C25H25ClN6O4S.C24H23ClN6O5S/c26-19-8-4-7-18(17-19)24(33)36-25-28-29-30-32(25)16-13-27-37(34,35)23-12-6-9-20-21(23)10-5-11-22(20)31-14-2-1-3-15-31;25-18-5-1-4-17(16-18)23(32)36-24-27-28-29-31(24)11-10-26-37(33,34)22-9-3-6-19-20(22)7-2-8-21(19)30-12-14-35-15-13-30/h4-12,17,27H,1-3,13-16H2;1-9,16,26H,10-15H2. The number of hydrogen-bond donors (Lipinski definition) is 2. The van der Waals surface area contributed by atoms with Crippen molar-refractivity contribution in [3.63, 3.8) is 0 Å². The number of hydrogen-bond acceptors (Lipinski definition) is 17. The smallest absolute Gasteiger partial charge is 0.346 e. The van der Waals surface area contributed by atoms with Crippen LogP contribution < -0.4 is 28.7 Å². The molecule has 0 saturated carbocycles. The molecule has 8 aromatic rings. The molecule has 2 fully saturated rings. The summed E-state index contributed by atoms with van der Waals surface area (Å²) in [6, 6.07) is 34.2. The molecule has 4 heterocycles. The molecular formula is C49H48Cl2N12O9S2. The van der Waals surface area contributed by atoms with E-state index in [1.54, 1.807) is 66.7 Å². The van der Waals surface area contributed by atoms with Gasteiger partial charge in [0.15, 0.2) is 0 Å². The van der Waals surface area contributed by atoms with Gasteiger partial charge in [0.2, 0.25) is 20.0 Å². The highest BCUT2D eigenvalue weighted by atomic mass is 35.5. The van der Waals surface area contributed by atoms with Crippen LogP contribution in [0.25, 0.3) is 21.5 Å². The molecular weight excluding hydrogens is 1040 g/mol. The van der Waals surface area contributed by atoms with Crippen molar-refractivity contribution < 1.29 is 40.6 Å². The summed E-state index contributed by atoms with van der Waals surface area (Å²) < 4.78 is 76.6. The zero-order chi connectivity index (χ0) is 51.7. The van der Waals surface area contributed by atoms with Gasteiger partial charge in [-0.15, -0.1) is 0 Å². The highest BCUT2D eigenvalue weighted by molar-refractivity contribution is 7.90. The van der Waals surface area contributed by atoms with E-state index in [1.165, 1.54) is 27.9 Å². The number of anilines is 2. The molecule has 0 aliphatic carbocycles. The molecule has 21 nitrogen and oxygen atoms in total. The lowest BCUT2D eigenvalue weighted by Gasteiger charge is -2.30. The van der Waals surface area contributed by atoms with Crippen molar-refractivity contribution in [3.05, 3.63) is 142 Å². The van der Waals surface area contributed by atoms with Gasteiger partial charge in [-0.1, -0.05) is 94.1 Å². The number of nitrogens with zero attached hydrogens (tertiary/aromatic N) is 10. The Hall–Kier alpha value is -7.12. The van der Waals surface area contributed by atoms with E-state index >= 15 is 0 Å². The van der Waals surface area contributed by atoms with E-state index in [9.17, 15) is 26.4 Å². The molecule has 0 radical (unpaired) electrons. The van der Waals surface area contributed by atoms with E-state index in [0.717, 1.165) is 61.2 Å². The maximum absolute atomic E-state index is 13.3. The summed E-state index contributed by atoms with van der Waals surface area (Å²) in [5, 5.41) is 25.9. The van der Waals surface area contributed by atoms with E-state index in [0.29, 0.717) is 34.0 Å². The Bertz CT molecular complexity index is 3300. The van der Waals surface area contributed by atoms with Crippen molar-refractivity contribution >= 4 is 88.1 Å². The fourth-order valence-corrected chi connectivity index (χ4v) is 11.4. The van der Waals surface area contributed by atoms with Gasteiger partial charge in [0.05, 0.1) is 47.2 Å². The first-order valence-corrected chi connectivity index (χ1v) is 27.2. The molecule has 2 aliphatic rings. The number of halogens is 2. The Morgan fingerprint density at radius 2 is 0.959 bits per heavy atom. The molecule has 2 N–H and O–H groups in total. The van der Waals surface area contributed by atoms with Crippen LogP contribution in [0.5, 0.6) is 12.0 Å².